The maximum absolute atomic E-state index is 13.3. The van der Waals surface area contributed by atoms with Gasteiger partial charge in [0.05, 0.1) is 5.69 Å². The third-order valence-corrected chi connectivity index (χ3v) is 2.20. The summed E-state index contributed by atoms with van der Waals surface area (Å²) in [7, 11) is 0. The van der Waals surface area contributed by atoms with E-state index in [1.54, 1.807) is 12.1 Å². The zero-order chi connectivity index (χ0) is 10.1. The van der Waals surface area contributed by atoms with Crippen LogP contribution in [-0.2, 0) is 0 Å². The quantitative estimate of drug-likeness (QED) is 0.834. The van der Waals surface area contributed by atoms with Gasteiger partial charge in [0, 0.05) is 6.20 Å². The number of halogens is 2. The summed E-state index contributed by atoms with van der Waals surface area (Å²) < 4.78 is 15.0. The molecule has 1 heterocycles. The van der Waals surface area contributed by atoms with Crippen molar-refractivity contribution in [3.8, 4) is 5.69 Å². The first-order valence-corrected chi connectivity index (χ1v) is 4.70. The van der Waals surface area contributed by atoms with Gasteiger partial charge in [0.1, 0.15) is 10.4 Å². The molecule has 0 saturated heterocycles. The maximum Gasteiger partial charge on any atom is 0.331 e. The van der Waals surface area contributed by atoms with Crippen molar-refractivity contribution in [3.63, 3.8) is 0 Å². The zero-order valence-electron chi connectivity index (χ0n) is 7.00. The molecule has 0 aliphatic rings. The Morgan fingerprint density at radius 3 is 2.64 bits per heavy atom. The van der Waals surface area contributed by atoms with Crippen molar-refractivity contribution in [2.75, 3.05) is 0 Å². The molecule has 5 heteroatoms. The Bertz CT molecular complexity index is 518. The fourth-order valence-electron chi connectivity index (χ4n) is 1.19. The molecule has 1 aromatic heterocycles. The molecule has 1 N–H and O–H groups in total. The van der Waals surface area contributed by atoms with Gasteiger partial charge in [0.25, 0.3) is 0 Å². The average molecular weight is 257 g/mol. The number of para-hydroxylation sites is 1. The Labute approximate surface area is 87.3 Å². The van der Waals surface area contributed by atoms with Gasteiger partial charge in [0.2, 0.25) is 0 Å². The Balaban J connectivity index is 2.66. The van der Waals surface area contributed by atoms with Crippen molar-refractivity contribution in [2.24, 2.45) is 0 Å². The molecular formula is C9H6BrFN2O. The minimum absolute atomic E-state index is 0.236. The van der Waals surface area contributed by atoms with Crippen molar-refractivity contribution in [1.29, 1.82) is 0 Å². The minimum atomic E-state index is -0.430. The van der Waals surface area contributed by atoms with Crippen LogP contribution in [0.5, 0.6) is 0 Å². The lowest BCUT2D eigenvalue weighted by molar-refractivity contribution is 0.616. The van der Waals surface area contributed by atoms with Crippen LogP contribution in [0.15, 0.2) is 39.9 Å². The zero-order valence-corrected chi connectivity index (χ0v) is 8.58. The summed E-state index contributed by atoms with van der Waals surface area (Å²) in [4.78, 5) is 13.8. The lowest BCUT2D eigenvalue weighted by atomic mass is 10.3. The number of benzene rings is 1. The molecule has 0 fully saturated rings. The molecule has 2 aromatic rings. The van der Waals surface area contributed by atoms with E-state index in [1.165, 1.54) is 22.9 Å². The van der Waals surface area contributed by atoms with Gasteiger partial charge >= 0.3 is 5.69 Å². The van der Waals surface area contributed by atoms with Gasteiger partial charge < -0.3 is 0 Å². The van der Waals surface area contributed by atoms with Crippen LogP contribution in [0.25, 0.3) is 5.69 Å². The first-order chi connectivity index (χ1) is 6.68. The molecule has 14 heavy (non-hydrogen) atoms. The van der Waals surface area contributed by atoms with Crippen LogP contribution in [-0.4, -0.2) is 9.55 Å². The fraction of sp³-hybridized carbons (Fsp3) is 0. The van der Waals surface area contributed by atoms with Gasteiger partial charge in [-0.05, 0) is 28.1 Å². The fourth-order valence-corrected chi connectivity index (χ4v) is 1.57. The van der Waals surface area contributed by atoms with Crippen molar-refractivity contribution in [1.82, 2.24) is 9.55 Å². The maximum atomic E-state index is 13.3. The highest BCUT2D eigenvalue weighted by Gasteiger charge is 2.06. The number of rotatable bonds is 1. The summed E-state index contributed by atoms with van der Waals surface area (Å²) in [5.74, 6) is -0.430. The molecule has 0 bridgehead atoms. The van der Waals surface area contributed by atoms with E-state index in [4.69, 9.17) is 0 Å². The first kappa shape index (κ1) is 9.21. The summed E-state index contributed by atoms with van der Waals surface area (Å²) in [6, 6.07) is 6.09. The molecule has 0 amide bonds. The molecule has 1 aromatic carbocycles. The van der Waals surface area contributed by atoms with Gasteiger partial charge in [-0.25, -0.2) is 9.18 Å². The number of imidazole rings is 1. The van der Waals surface area contributed by atoms with Gasteiger partial charge in [-0.1, -0.05) is 12.1 Å². The number of aromatic amines is 1. The van der Waals surface area contributed by atoms with Crippen LogP contribution in [0.3, 0.4) is 0 Å². The molecule has 3 nitrogen and oxygen atoms in total. The lowest BCUT2D eigenvalue weighted by Crippen LogP contribution is -2.15. The highest BCUT2D eigenvalue weighted by molar-refractivity contribution is 9.10. The van der Waals surface area contributed by atoms with E-state index in [2.05, 4.69) is 20.9 Å². The monoisotopic (exact) mass is 256 g/mol. The standard InChI is InChI=1S/C9H6BrFN2O/c10-8-5-13(9(14)12-8)7-4-2-1-3-6(7)11/h1-5H,(H,12,14). The van der Waals surface area contributed by atoms with Gasteiger partial charge in [-0.3, -0.25) is 9.55 Å². The average Bonchev–Trinajstić information content (AvgIpc) is 2.46. The minimum Gasteiger partial charge on any atom is -0.300 e. The van der Waals surface area contributed by atoms with E-state index >= 15 is 0 Å². The number of hydrogen-bond acceptors (Lipinski definition) is 1. The third kappa shape index (κ3) is 1.50. The highest BCUT2D eigenvalue weighted by Crippen LogP contribution is 2.12. The molecule has 0 aliphatic carbocycles. The van der Waals surface area contributed by atoms with Crippen LogP contribution in [0.1, 0.15) is 0 Å². The second-order valence-corrected chi connectivity index (χ2v) is 3.58. The number of hydrogen-bond donors (Lipinski definition) is 1. The van der Waals surface area contributed by atoms with Gasteiger partial charge in [-0.15, -0.1) is 0 Å². The van der Waals surface area contributed by atoms with Crippen molar-refractivity contribution in [2.45, 2.75) is 0 Å². The smallest absolute Gasteiger partial charge is 0.300 e. The number of H-pyrrole nitrogens is 1. The first-order valence-electron chi connectivity index (χ1n) is 3.90. The molecular weight excluding hydrogens is 251 g/mol. The van der Waals surface area contributed by atoms with E-state index in [0.717, 1.165) is 0 Å². The molecule has 0 unspecified atom stereocenters. The van der Waals surface area contributed by atoms with Crippen LogP contribution in [0.4, 0.5) is 4.39 Å². The molecule has 2 rings (SSSR count). The SMILES string of the molecule is O=c1[nH]c(Br)cn1-c1ccccc1F. The van der Waals surface area contributed by atoms with E-state index in [-0.39, 0.29) is 11.4 Å². The number of nitrogens with one attached hydrogen (secondary N) is 1. The Morgan fingerprint density at radius 1 is 1.36 bits per heavy atom. The molecule has 0 spiro atoms. The molecule has 0 saturated carbocycles. The summed E-state index contributed by atoms with van der Waals surface area (Å²) in [5.41, 5.74) is -0.138. The lowest BCUT2D eigenvalue weighted by Gasteiger charge is -2.00. The predicted octanol–water partition coefficient (Wildman–Crippen LogP) is 2.07. The van der Waals surface area contributed by atoms with Crippen LogP contribution >= 0.6 is 15.9 Å². The van der Waals surface area contributed by atoms with E-state index in [1.807, 2.05) is 0 Å². The molecule has 0 atom stereocenters. The Hall–Kier alpha value is -1.36. The highest BCUT2D eigenvalue weighted by atomic mass is 79.9. The summed E-state index contributed by atoms with van der Waals surface area (Å²) in [5, 5.41) is 0. The Morgan fingerprint density at radius 2 is 2.07 bits per heavy atom. The summed E-state index contributed by atoms with van der Waals surface area (Å²) in [6.45, 7) is 0. The molecule has 0 radical (unpaired) electrons. The summed E-state index contributed by atoms with van der Waals surface area (Å²) in [6.07, 6.45) is 1.49. The van der Waals surface area contributed by atoms with Crippen molar-refractivity contribution in [3.05, 3.63) is 51.4 Å². The molecule has 72 valence electrons. The predicted molar refractivity (Wildman–Crippen MR) is 54.0 cm³/mol. The van der Waals surface area contributed by atoms with Gasteiger partial charge in [0.15, 0.2) is 0 Å². The van der Waals surface area contributed by atoms with Crippen molar-refractivity contribution < 1.29 is 4.39 Å². The number of aromatic nitrogens is 2. The van der Waals surface area contributed by atoms with E-state index in [9.17, 15) is 9.18 Å². The van der Waals surface area contributed by atoms with Crippen LogP contribution in [0, 0.1) is 5.82 Å². The van der Waals surface area contributed by atoms with Gasteiger partial charge in [-0.2, -0.15) is 0 Å². The largest absolute Gasteiger partial charge is 0.331 e. The van der Waals surface area contributed by atoms with Crippen LogP contribution < -0.4 is 5.69 Å². The second kappa shape index (κ2) is 3.42. The van der Waals surface area contributed by atoms with E-state index < -0.39 is 5.82 Å². The molecule has 0 aliphatic heterocycles. The number of nitrogens with zero attached hydrogens (tertiary/aromatic N) is 1. The third-order valence-electron chi connectivity index (χ3n) is 1.80. The van der Waals surface area contributed by atoms with Crippen LogP contribution in [0.2, 0.25) is 0 Å². The Kier molecular flexibility index (Phi) is 2.25. The summed E-state index contributed by atoms with van der Waals surface area (Å²) >= 11 is 3.11. The normalized spacial score (nSPS) is 10.4. The van der Waals surface area contributed by atoms with Crippen molar-refractivity contribution >= 4 is 15.9 Å². The van der Waals surface area contributed by atoms with E-state index in [0.29, 0.717) is 4.60 Å². The topological polar surface area (TPSA) is 37.8 Å². The second-order valence-electron chi connectivity index (χ2n) is 2.73.